The fourth-order valence-electron chi connectivity index (χ4n) is 3.69. The maximum Gasteiger partial charge on any atom is 0.266 e. The Labute approximate surface area is 190 Å². The molecule has 0 saturated carbocycles. The van der Waals surface area contributed by atoms with Crippen LogP contribution in [0.4, 0.5) is 0 Å². The lowest BCUT2D eigenvalue weighted by molar-refractivity contribution is 0.0952. The van der Waals surface area contributed by atoms with Gasteiger partial charge in [-0.15, -0.1) is 0 Å². The van der Waals surface area contributed by atoms with E-state index in [1.807, 2.05) is 56.0 Å². The van der Waals surface area contributed by atoms with Gasteiger partial charge in [0.05, 0.1) is 22.8 Å². The largest absolute Gasteiger partial charge is 0.352 e. The number of hydrogen-bond donors (Lipinski definition) is 2. The van der Waals surface area contributed by atoms with Gasteiger partial charge in [0.2, 0.25) is 0 Å². The summed E-state index contributed by atoms with van der Waals surface area (Å²) >= 11 is 5.49. The number of H-pyrrole nitrogens is 1. The Morgan fingerprint density at radius 1 is 1.19 bits per heavy atom. The number of aromatic amines is 1. The van der Waals surface area contributed by atoms with Crippen molar-refractivity contribution < 1.29 is 4.79 Å². The molecule has 2 aromatic carbocycles. The fourth-order valence-corrected chi connectivity index (χ4v) is 3.98. The summed E-state index contributed by atoms with van der Waals surface area (Å²) < 4.78 is 3.67. The number of nitrogens with zero attached hydrogens (tertiary/aromatic N) is 3. The monoisotopic (exact) mass is 447 g/mol. The number of amides is 1. The molecule has 2 aromatic heterocycles. The molecule has 7 nitrogen and oxygen atoms in total. The Morgan fingerprint density at radius 2 is 2.00 bits per heavy atom. The second-order valence-corrected chi connectivity index (χ2v) is 8.33. The second-order valence-electron chi connectivity index (χ2n) is 7.94. The van der Waals surface area contributed by atoms with Gasteiger partial charge in [0, 0.05) is 24.8 Å². The average molecular weight is 448 g/mol. The zero-order valence-electron chi connectivity index (χ0n) is 18.3. The zero-order valence-corrected chi connectivity index (χ0v) is 19.1. The summed E-state index contributed by atoms with van der Waals surface area (Å²) in [5, 5.41) is 7.63. The summed E-state index contributed by atoms with van der Waals surface area (Å²) in [4.78, 5) is 28.9. The highest BCUT2D eigenvalue weighted by atomic mass is 32.1. The van der Waals surface area contributed by atoms with E-state index in [9.17, 15) is 9.59 Å². The van der Waals surface area contributed by atoms with Crippen LogP contribution in [0.15, 0.2) is 53.6 Å². The van der Waals surface area contributed by atoms with Crippen molar-refractivity contribution in [3.8, 4) is 5.69 Å². The summed E-state index contributed by atoms with van der Waals surface area (Å²) in [6, 6.07) is 10.8. The van der Waals surface area contributed by atoms with Gasteiger partial charge in [0.1, 0.15) is 0 Å². The number of fused-ring (bicyclic) bond motifs is 1. The van der Waals surface area contributed by atoms with Crippen LogP contribution in [0.3, 0.4) is 0 Å². The van der Waals surface area contributed by atoms with E-state index < -0.39 is 0 Å². The highest BCUT2D eigenvalue weighted by molar-refractivity contribution is 7.71. The van der Waals surface area contributed by atoms with E-state index in [2.05, 4.69) is 15.4 Å². The lowest BCUT2D eigenvalue weighted by Gasteiger charge is -2.13. The molecule has 4 aromatic rings. The average Bonchev–Trinajstić information content (AvgIpc) is 3.18. The van der Waals surface area contributed by atoms with E-state index in [1.54, 1.807) is 18.2 Å². The van der Waals surface area contributed by atoms with Gasteiger partial charge in [-0.05, 0) is 80.4 Å². The first-order valence-corrected chi connectivity index (χ1v) is 10.9. The highest BCUT2D eigenvalue weighted by Gasteiger charge is 2.13. The van der Waals surface area contributed by atoms with E-state index >= 15 is 0 Å². The van der Waals surface area contributed by atoms with Gasteiger partial charge in [0.15, 0.2) is 4.77 Å². The molecule has 2 heterocycles. The highest BCUT2D eigenvalue weighted by Crippen LogP contribution is 2.18. The molecule has 0 bridgehead atoms. The van der Waals surface area contributed by atoms with Crippen LogP contribution in [0, 0.1) is 25.5 Å². The lowest BCUT2D eigenvalue weighted by atomic mass is 10.1. The molecule has 0 aliphatic heterocycles. The molecule has 4 rings (SSSR count). The molecule has 32 heavy (non-hydrogen) atoms. The zero-order chi connectivity index (χ0) is 22.8. The van der Waals surface area contributed by atoms with Crippen LogP contribution in [-0.2, 0) is 6.54 Å². The van der Waals surface area contributed by atoms with Crippen molar-refractivity contribution in [1.82, 2.24) is 24.6 Å². The van der Waals surface area contributed by atoms with Crippen LogP contribution < -0.4 is 10.9 Å². The van der Waals surface area contributed by atoms with Crippen LogP contribution in [0.5, 0.6) is 0 Å². The molecule has 0 atom stereocenters. The van der Waals surface area contributed by atoms with Gasteiger partial charge >= 0.3 is 0 Å². The molecule has 0 aliphatic rings. The van der Waals surface area contributed by atoms with Gasteiger partial charge in [-0.2, -0.15) is 5.10 Å². The van der Waals surface area contributed by atoms with Crippen LogP contribution in [-0.4, -0.2) is 31.8 Å². The summed E-state index contributed by atoms with van der Waals surface area (Å²) in [7, 11) is 0. The molecule has 0 spiro atoms. The third-order valence-corrected chi connectivity index (χ3v) is 5.87. The topological polar surface area (TPSA) is 84.7 Å². The van der Waals surface area contributed by atoms with Crippen LogP contribution in [0.2, 0.25) is 0 Å². The molecule has 0 unspecified atom stereocenters. The molecule has 0 fully saturated rings. The Kier molecular flexibility index (Phi) is 6.05. The maximum absolute atomic E-state index is 13.2. The molecule has 0 radical (unpaired) electrons. The van der Waals surface area contributed by atoms with Gasteiger partial charge < -0.3 is 10.3 Å². The van der Waals surface area contributed by atoms with Crippen LogP contribution in [0.25, 0.3) is 16.6 Å². The number of aromatic nitrogens is 4. The van der Waals surface area contributed by atoms with E-state index in [1.165, 1.54) is 4.57 Å². The Morgan fingerprint density at radius 3 is 2.75 bits per heavy atom. The van der Waals surface area contributed by atoms with Crippen molar-refractivity contribution in [1.29, 1.82) is 0 Å². The third-order valence-electron chi connectivity index (χ3n) is 5.59. The number of carbonyl (C=O) groups is 1. The van der Waals surface area contributed by atoms with Crippen molar-refractivity contribution in [2.45, 2.75) is 33.7 Å². The Bertz CT molecular complexity index is 1430. The van der Waals surface area contributed by atoms with Crippen molar-refractivity contribution in [2.75, 3.05) is 6.54 Å². The number of nitrogens with one attached hydrogen (secondary N) is 2. The first-order valence-electron chi connectivity index (χ1n) is 10.5. The minimum absolute atomic E-state index is 0.193. The normalized spacial score (nSPS) is 11.1. The van der Waals surface area contributed by atoms with Gasteiger partial charge in [-0.3, -0.25) is 18.8 Å². The molecule has 164 valence electrons. The number of aryl methyl sites for hydroxylation is 3. The van der Waals surface area contributed by atoms with E-state index in [0.717, 1.165) is 35.3 Å². The second kappa shape index (κ2) is 8.92. The minimum Gasteiger partial charge on any atom is -0.352 e. The summed E-state index contributed by atoms with van der Waals surface area (Å²) in [6.45, 7) is 7.22. The van der Waals surface area contributed by atoms with Gasteiger partial charge in [-0.25, -0.2) is 0 Å². The van der Waals surface area contributed by atoms with E-state index in [-0.39, 0.29) is 11.5 Å². The summed E-state index contributed by atoms with van der Waals surface area (Å²) in [6.07, 6.45) is 4.55. The van der Waals surface area contributed by atoms with Crippen molar-refractivity contribution >= 4 is 29.0 Å². The van der Waals surface area contributed by atoms with Gasteiger partial charge in [0.25, 0.3) is 11.5 Å². The third kappa shape index (κ3) is 4.27. The molecule has 2 N–H and O–H groups in total. The lowest BCUT2D eigenvalue weighted by Crippen LogP contribution is -2.26. The smallest absolute Gasteiger partial charge is 0.266 e. The van der Waals surface area contributed by atoms with E-state index in [4.69, 9.17) is 12.2 Å². The minimum atomic E-state index is -0.209. The molecular formula is C24H25N5O2S. The van der Waals surface area contributed by atoms with Gasteiger partial charge in [-0.1, -0.05) is 12.1 Å². The molecule has 8 heteroatoms. The van der Waals surface area contributed by atoms with Crippen molar-refractivity contribution in [3.63, 3.8) is 0 Å². The molecular weight excluding hydrogens is 422 g/mol. The predicted octanol–water partition coefficient (Wildman–Crippen LogP) is 3.99. The number of carbonyl (C=O) groups excluding carboxylic acids is 1. The summed E-state index contributed by atoms with van der Waals surface area (Å²) in [5.41, 5.74) is 4.75. The number of hydrogen-bond acceptors (Lipinski definition) is 4. The summed E-state index contributed by atoms with van der Waals surface area (Å²) in [5.74, 6) is -0.193. The standard InChI is InChI=1S/C24H25N5O2S/c1-15-13-26-28(14-15)11-5-10-25-22(30)18-8-9-19-20(12-18)27-24(32)29(23(19)31)21-7-4-6-16(2)17(21)3/h4,6-9,12-14H,5,10-11H2,1-3H3,(H,25,30)(H,27,32). The quantitative estimate of drug-likeness (QED) is 0.346. The maximum atomic E-state index is 13.2. The first kappa shape index (κ1) is 21.7. The van der Waals surface area contributed by atoms with Crippen LogP contribution >= 0.6 is 12.2 Å². The molecule has 1 amide bonds. The SMILES string of the molecule is Cc1cnn(CCCNC(=O)c2ccc3c(=O)n(-c4cccc(C)c4C)c(=S)[nH]c3c2)c1. The fraction of sp³-hybridized carbons (Fsp3) is 0.250. The molecule has 0 aliphatic carbocycles. The predicted molar refractivity (Wildman–Crippen MR) is 128 cm³/mol. The van der Waals surface area contributed by atoms with Crippen molar-refractivity contribution in [2.24, 2.45) is 0 Å². The van der Waals surface area contributed by atoms with E-state index in [0.29, 0.717) is 27.8 Å². The van der Waals surface area contributed by atoms with Crippen LogP contribution in [0.1, 0.15) is 33.5 Å². The molecule has 0 saturated heterocycles. The number of rotatable bonds is 6. The first-order chi connectivity index (χ1) is 15.3. The van der Waals surface area contributed by atoms with Crippen molar-refractivity contribution in [3.05, 3.63) is 86.2 Å². The number of benzene rings is 2. The Balaban J connectivity index is 1.55. The Hall–Kier alpha value is -3.52.